The zero-order valence-electron chi connectivity index (χ0n) is 7.22. The van der Waals surface area contributed by atoms with Gasteiger partial charge in [-0.1, -0.05) is 20.3 Å². The van der Waals surface area contributed by atoms with Crippen LogP contribution in [0.15, 0.2) is 0 Å². The summed E-state index contributed by atoms with van der Waals surface area (Å²) in [6, 6.07) is 0.525. The molecule has 0 aromatic rings. The fourth-order valence-electron chi connectivity index (χ4n) is 0.847. The van der Waals surface area contributed by atoms with Crippen molar-refractivity contribution in [1.82, 2.24) is 5.32 Å². The number of hydrogen-bond acceptors (Lipinski definition) is 2. The Kier molecular flexibility index (Phi) is 5.64. The molecule has 62 valence electrons. The van der Waals surface area contributed by atoms with Crippen molar-refractivity contribution in [2.75, 3.05) is 13.2 Å². The lowest BCUT2D eigenvalue weighted by Crippen LogP contribution is -2.33. The molecule has 2 nitrogen and oxygen atoms in total. The largest absolute Gasteiger partial charge is 0.395 e. The Balaban J connectivity index is 3.31. The van der Waals surface area contributed by atoms with Crippen molar-refractivity contribution in [3.05, 3.63) is 0 Å². The Morgan fingerprint density at radius 2 is 2.00 bits per heavy atom. The Hall–Kier alpha value is -0.0800. The van der Waals surface area contributed by atoms with Gasteiger partial charge in [-0.3, -0.25) is 0 Å². The van der Waals surface area contributed by atoms with Crippen LogP contribution in [-0.2, 0) is 0 Å². The molecule has 0 aliphatic heterocycles. The van der Waals surface area contributed by atoms with Gasteiger partial charge in [0, 0.05) is 12.6 Å². The highest BCUT2D eigenvalue weighted by atomic mass is 16.3. The van der Waals surface area contributed by atoms with E-state index in [1.165, 1.54) is 6.42 Å². The van der Waals surface area contributed by atoms with Crippen LogP contribution in [0.5, 0.6) is 0 Å². The number of rotatable bonds is 5. The molecule has 0 radical (unpaired) electrons. The van der Waals surface area contributed by atoms with Crippen LogP contribution in [0, 0.1) is 5.92 Å². The van der Waals surface area contributed by atoms with Crippen LogP contribution in [0.2, 0.25) is 0 Å². The quantitative estimate of drug-likeness (QED) is 0.605. The lowest BCUT2D eigenvalue weighted by Gasteiger charge is -2.18. The molecule has 0 aromatic heterocycles. The van der Waals surface area contributed by atoms with E-state index in [4.69, 9.17) is 5.11 Å². The smallest absolute Gasteiger partial charge is 0.0556 e. The third kappa shape index (κ3) is 3.85. The van der Waals surface area contributed by atoms with Crippen LogP contribution in [0.3, 0.4) is 0 Å². The van der Waals surface area contributed by atoms with Gasteiger partial charge < -0.3 is 10.4 Å². The maximum absolute atomic E-state index is 8.51. The summed E-state index contributed by atoms with van der Waals surface area (Å²) in [6.45, 7) is 7.51. The molecule has 0 amide bonds. The van der Waals surface area contributed by atoms with Gasteiger partial charge in [-0.25, -0.2) is 0 Å². The van der Waals surface area contributed by atoms with Gasteiger partial charge in [-0.05, 0) is 12.8 Å². The fourth-order valence-corrected chi connectivity index (χ4v) is 0.847. The third-order valence-corrected chi connectivity index (χ3v) is 2.08. The van der Waals surface area contributed by atoms with E-state index in [-0.39, 0.29) is 6.61 Å². The molecule has 0 aliphatic carbocycles. The van der Waals surface area contributed by atoms with Gasteiger partial charge in [-0.15, -0.1) is 0 Å². The van der Waals surface area contributed by atoms with Gasteiger partial charge >= 0.3 is 0 Å². The summed E-state index contributed by atoms with van der Waals surface area (Å²) in [6.07, 6.45) is 1.19. The minimum Gasteiger partial charge on any atom is -0.395 e. The summed E-state index contributed by atoms with van der Waals surface area (Å²) < 4.78 is 0. The first-order chi connectivity index (χ1) is 4.72. The highest BCUT2D eigenvalue weighted by Gasteiger charge is 2.07. The Bertz CT molecular complexity index is 75.7. The Labute approximate surface area is 63.6 Å². The maximum Gasteiger partial charge on any atom is 0.0556 e. The standard InChI is InChI=1S/C8H19NO/c1-4-7(2)8(3)9-5-6-10/h7-10H,4-6H2,1-3H3. The molecule has 0 rings (SSSR count). The van der Waals surface area contributed by atoms with Crippen molar-refractivity contribution in [3.63, 3.8) is 0 Å². The van der Waals surface area contributed by atoms with E-state index in [1.54, 1.807) is 0 Å². The van der Waals surface area contributed by atoms with E-state index in [0.717, 1.165) is 0 Å². The molecular formula is C8H19NO. The molecule has 0 bridgehead atoms. The molecule has 0 heterocycles. The summed E-state index contributed by atoms with van der Waals surface area (Å²) in [4.78, 5) is 0. The first kappa shape index (κ1) is 9.92. The van der Waals surface area contributed by atoms with Crippen LogP contribution in [0.4, 0.5) is 0 Å². The minimum absolute atomic E-state index is 0.237. The predicted octanol–water partition coefficient (Wildman–Crippen LogP) is 1.00. The summed E-state index contributed by atoms with van der Waals surface area (Å²) in [7, 11) is 0. The van der Waals surface area contributed by atoms with E-state index in [0.29, 0.717) is 18.5 Å². The minimum atomic E-state index is 0.237. The lowest BCUT2D eigenvalue weighted by atomic mass is 10.0. The Morgan fingerprint density at radius 1 is 1.40 bits per heavy atom. The molecule has 0 saturated carbocycles. The van der Waals surface area contributed by atoms with Gasteiger partial charge in [0.2, 0.25) is 0 Å². The zero-order chi connectivity index (χ0) is 7.98. The second-order valence-corrected chi connectivity index (χ2v) is 2.85. The van der Waals surface area contributed by atoms with E-state index in [9.17, 15) is 0 Å². The van der Waals surface area contributed by atoms with E-state index >= 15 is 0 Å². The van der Waals surface area contributed by atoms with Crippen LogP contribution in [-0.4, -0.2) is 24.3 Å². The summed E-state index contributed by atoms with van der Waals surface area (Å²) in [5.41, 5.74) is 0. The van der Waals surface area contributed by atoms with Crippen LogP contribution in [0.1, 0.15) is 27.2 Å². The summed E-state index contributed by atoms with van der Waals surface area (Å²) in [5, 5.41) is 11.7. The molecule has 2 unspecified atom stereocenters. The van der Waals surface area contributed by atoms with Gasteiger partial charge in [0.15, 0.2) is 0 Å². The van der Waals surface area contributed by atoms with Crippen LogP contribution in [0.25, 0.3) is 0 Å². The third-order valence-electron chi connectivity index (χ3n) is 2.08. The first-order valence-electron chi connectivity index (χ1n) is 4.06. The molecule has 2 heteroatoms. The van der Waals surface area contributed by atoms with Crippen molar-refractivity contribution in [3.8, 4) is 0 Å². The molecule has 0 spiro atoms. The van der Waals surface area contributed by atoms with Gasteiger partial charge in [0.05, 0.1) is 6.61 Å². The molecule has 0 aliphatic rings. The van der Waals surface area contributed by atoms with Crippen molar-refractivity contribution < 1.29 is 5.11 Å². The molecule has 0 aromatic carbocycles. The van der Waals surface area contributed by atoms with E-state index in [1.807, 2.05) is 0 Å². The highest BCUT2D eigenvalue weighted by Crippen LogP contribution is 2.05. The van der Waals surface area contributed by atoms with Gasteiger partial charge in [0.1, 0.15) is 0 Å². The van der Waals surface area contributed by atoms with E-state index in [2.05, 4.69) is 26.1 Å². The highest BCUT2D eigenvalue weighted by molar-refractivity contribution is 4.65. The molecule has 2 N–H and O–H groups in total. The summed E-state index contributed by atoms with van der Waals surface area (Å²) in [5.74, 6) is 0.701. The topological polar surface area (TPSA) is 32.3 Å². The van der Waals surface area contributed by atoms with Crippen molar-refractivity contribution in [2.45, 2.75) is 33.2 Å². The van der Waals surface area contributed by atoms with E-state index < -0.39 is 0 Å². The number of nitrogens with one attached hydrogen (secondary N) is 1. The molecule has 0 fully saturated rings. The molecule has 2 atom stereocenters. The second kappa shape index (κ2) is 5.69. The normalized spacial score (nSPS) is 16.8. The predicted molar refractivity (Wildman–Crippen MR) is 44.0 cm³/mol. The van der Waals surface area contributed by atoms with Crippen LogP contribution >= 0.6 is 0 Å². The van der Waals surface area contributed by atoms with Crippen LogP contribution < -0.4 is 5.32 Å². The molecular weight excluding hydrogens is 126 g/mol. The molecule has 0 saturated heterocycles. The van der Waals surface area contributed by atoms with Gasteiger partial charge in [-0.2, -0.15) is 0 Å². The zero-order valence-corrected chi connectivity index (χ0v) is 7.22. The number of aliphatic hydroxyl groups is 1. The van der Waals surface area contributed by atoms with Crippen molar-refractivity contribution in [2.24, 2.45) is 5.92 Å². The molecule has 10 heavy (non-hydrogen) atoms. The van der Waals surface area contributed by atoms with Gasteiger partial charge in [0.25, 0.3) is 0 Å². The fraction of sp³-hybridized carbons (Fsp3) is 1.00. The second-order valence-electron chi connectivity index (χ2n) is 2.85. The SMILES string of the molecule is CCC(C)C(C)NCCO. The lowest BCUT2D eigenvalue weighted by molar-refractivity contribution is 0.273. The number of hydrogen-bond donors (Lipinski definition) is 2. The van der Waals surface area contributed by atoms with Crippen molar-refractivity contribution >= 4 is 0 Å². The average Bonchev–Trinajstić information content (AvgIpc) is 1.98. The Morgan fingerprint density at radius 3 is 2.40 bits per heavy atom. The van der Waals surface area contributed by atoms with Crippen molar-refractivity contribution in [1.29, 1.82) is 0 Å². The first-order valence-corrected chi connectivity index (χ1v) is 4.06. The summed E-state index contributed by atoms with van der Waals surface area (Å²) >= 11 is 0. The number of aliphatic hydroxyl groups excluding tert-OH is 1. The monoisotopic (exact) mass is 145 g/mol. The average molecular weight is 145 g/mol. The maximum atomic E-state index is 8.51.